The Bertz CT molecular complexity index is 634. The van der Waals surface area contributed by atoms with E-state index in [0.29, 0.717) is 6.04 Å². The van der Waals surface area contributed by atoms with E-state index in [2.05, 4.69) is 41.5 Å². The fourth-order valence-corrected chi connectivity index (χ4v) is 4.63. The van der Waals surface area contributed by atoms with Crippen molar-refractivity contribution in [3.63, 3.8) is 0 Å². The number of para-hydroxylation sites is 1. The van der Waals surface area contributed by atoms with Crippen molar-refractivity contribution in [1.29, 1.82) is 0 Å². The number of anilines is 2. The normalized spacial score (nSPS) is 20.9. The van der Waals surface area contributed by atoms with Crippen LogP contribution in [0.15, 0.2) is 24.3 Å². The van der Waals surface area contributed by atoms with Gasteiger partial charge in [-0.3, -0.25) is 0 Å². The molecule has 4 heteroatoms. The highest BCUT2D eigenvalue weighted by Crippen LogP contribution is 2.41. The average molecular weight is 285 g/mol. The van der Waals surface area contributed by atoms with Gasteiger partial charge in [-0.15, -0.1) is 0 Å². The number of thiazole rings is 1. The molecule has 1 N–H and O–H groups in total. The van der Waals surface area contributed by atoms with Crippen molar-refractivity contribution in [1.82, 2.24) is 10.3 Å². The molecule has 1 unspecified atom stereocenters. The zero-order chi connectivity index (χ0) is 13.5. The zero-order valence-electron chi connectivity index (χ0n) is 11.7. The summed E-state index contributed by atoms with van der Waals surface area (Å²) in [4.78, 5) is 8.78. The number of rotatable bonds is 2. The van der Waals surface area contributed by atoms with Crippen LogP contribution in [-0.4, -0.2) is 18.6 Å². The molecule has 104 valence electrons. The SMILES string of the molecule is CNC1CCCc2nc(N3CCc4ccccc43)sc21. The monoisotopic (exact) mass is 285 g/mol. The molecule has 0 saturated carbocycles. The van der Waals surface area contributed by atoms with E-state index in [1.807, 2.05) is 11.3 Å². The van der Waals surface area contributed by atoms with Gasteiger partial charge in [-0.25, -0.2) is 4.98 Å². The molecule has 0 spiro atoms. The summed E-state index contributed by atoms with van der Waals surface area (Å²) in [5, 5.41) is 4.62. The molecule has 0 amide bonds. The number of aryl methyl sites for hydroxylation is 1. The number of nitrogens with one attached hydrogen (secondary N) is 1. The fourth-order valence-electron chi connectivity index (χ4n) is 3.33. The molecular formula is C16H19N3S. The van der Waals surface area contributed by atoms with Crippen molar-refractivity contribution in [2.45, 2.75) is 31.7 Å². The van der Waals surface area contributed by atoms with Crippen LogP contribution in [0.5, 0.6) is 0 Å². The van der Waals surface area contributed by atoms with Crippen LogP contribution in [0.4, 0.5) is 10.8 Å². The molecular weight excluding hydrogens is 266 g/mol. The third-order valence-electron chi connectivity index (χ3n) is 4.41. The first-order valence-electron chi connectivity index (χ1n) is 7.39. The molecule has 3 nitrogen and oxygen atoms in total. The molecule has 0 radical (unpaired) electrons. The van der Waals surface area contributed by atoms with E-state index in [4.69, 9.17) is 4.98 Å². The minimum atomic E-state index is 0.503. The van der Waals surface area contributed by atoms with Gasteiger partial charge < -0.3 is 10.2 Å². The van der Waals surface area contributed by atoms with Crippen molar-refractivity contribution in [2.24, 2.45) is 0 Å². The van der Waals surface area contributed by atoms with E-state index in [1.165, 1.54) is 39.8 Å². The molecule has 1 aliphatic carbocycles. The van der Waals surface area contributed by atoms with Gasteiger partial charge in [-0.2, -0.15) is 0 Å². The smallest absolute Gasteiger partial charge is 0.190 e. The second-order valence-corrected chi connectivity index (χ2v) is 6.58. The highest BCUT2D eigenvalue weighted by molar-refractivity contribution is 7.15. The lowest BCUT2D eigenvalue weighted by atomic mass is 9.98. The Kier molecular flexibility index (Phi) is 3.00. The predicted octanol–water partition coefficient (Wildman–Crippen LogP) is 3.43. The second-order valence-electron chi connectivity index (χ2n) is 5.57. The summed E-state index contributed by atoms with van der Waals surface area (Å²) in [5.74, 6) is 0. The number of hydrogen-bond donors (Lipinski definition) is 1. The van der Waals surface area contributed by atoms with Gasteiger partial charge in [-0.05, 0) is 44.4 Å². The molecule has 20 heavy (non-hydrogen) atoms. The minimum Gasteiger partial charge on any atom is -0.317 e. The second kappa shape index (κ2) is 4.86. The van der Waals surface area contributed by atoms with Crippen LogP contribution in [0.25, 0.3) is 0 Å². The van der Waals surface area contributed by atoms with E-state index in [1.54, 1.807) is 0 Å². The Morgan fingerprint density at radius 3 is 3.10 bits per heavy atom. The van der Waals surface area contributed by atoms with Crippen molar-refractivity contribution in [2.75, 3.05) is 18.5 Å². The van der Waals surface area contributed by atoms with Crippen LogP contribution >= 0.6 is 11.3 Å². The van der Waals surface area contributed by atoms with E-state index in [9.17, 15) is 0 Å². The molecule has 2 aliphatic rings. The van der Waals surface area contributed by atoms with Crippen LogP contribution in [0.3, 0.4) is 0 Å². The first-order valence-corrected chi connectivity index (χ1v) is 8.21. The number of benzene rings is 1. The van der Waals surface area contributed by atoms with Crippen molar-refractivity contribution in [3.8, 4) is 0 Å². The largest absolute Gasteiger partial charge is 0.317 e. The fraction of sp³-hybridized carbons (Fsp3) is 0.438. The third-order valence-corrected chi connectivity index (χ3v) is 5.64. The highest BCUT2D eigenvalue weighted by atomic mass is 32.1. The number of fused-ring (bicyclic) bond motifs is 2. The highest BCUT2D eigenvalue weighted by Gasteiger charge is 2.28. The molecule has 1 aromatic carbocycles. The molecule has 1 aromatic heterocycles. The summed E-state index contributed by atoms with van der Waals surface area (Å²) >= 11 is 1.88. The van der Waals surface area contributed by atoms with Crippen molar-refractivity contribution < 1.29 is 0 Å². The lowest BCUT2D eigenvalue weighted by Crippen LogP contribution is -2.19. The van der Waals surface area contributed by atoms with E-state index < -0.39 is 0 Å². The Morgan fingerprint density at radius 2 is 2.20 bits per heavy atom. The molecule has 1 aliphatic heterocycles. The maximum atomic E-state index is 4.93. The lowest BCUT2D eigenvalue weighted by Gasteiger charge is -2.19. The molecule has 2 aromatic rings. The van der Waals surface area contributed by atoms with Crippen LogP contribution in [0, 0.1) is 0 Å². The molecule has 1 atom stereocenters. The van der Waals surface area contributed by atoms with Crippen LogP contribution in [0.1, 0.15) is 35.0 Å². The van der Waals surface area contributed by atoms with Crippen molar-refractivity contribution in [3.05, 3.63) is 40.4 Å². The Labute approximate surface area is 123 Å². The minimum absolute atomic E-state index is 0.503. The lowest BCUT2D eigenvalue weighted by molar-refractivity contribution is 0.501. The van der Waals surface area contributed by atoms with Crippen LogP contribution in [0.2, 0.25) is 0 Å². The van der Waals surface area contributed by atoms with Gasteiger partial charge in [0.2, 0.25) is 0 Å². The average Bonchev–Trinajstić information content (AvgIpc) is 3.10. The standard InChI is InChI=1S/C16H19N3S/c1-17-12-6-4-7-13-15(12)20-16(18-13)19-10-9-11-5-2-3-8-14(11)19/h2-3,5,8,12,17H,4,6-7,9-10H2,1H3. The van der Waals surface area contributed by atoms with E-state index in [0.717, 1.165) is 19.4 Å². The summed E-state index contributed by atoms with van der Waals surface area (Å²) in [6, 6.07) is 9.22. The first kappa shape index (κ1) is 12.4. The van der Waals surface area contributed by atoms with Crippen LogP contribution < -0.4 is 10.2 Å². The molecule has 4 rings (SSSR count). The molecule has 0 saturated heterocycles. The van der Waals surface area contributed by atoms with Gasteiger partial charge in [-0.1, -0.05) is 29.5 Å². The van der Waals surface area contributed by atoms with E-state index in [-0.39, 0.29) is 0 Å². The topological polar surface area (TPSA) is 28.2 Å². The molecule has 0 fully saturated rings. The summed E-state index contributed by atoms with van der Waals surface area (Å²) in [6.45, 7) is 1.07. The zero-order valence-corrected chi connectivity index (χ0v) is 12.5. The maximum Gasteiger partial charge on any atom is 0.190 e. The quantitative estimate of drug-likeness (QED) is 0.916. The molecule has 0 bridgehead atoms. The van der Waals surface area contributed by atoms with Crippen LogP contribution in [-0.2, 0) is 12.8 Å². The Morgan fingerprint density at radius 1 is 1.30 bits per heavy atom. The number of hydrogen-bond acceptors (Lipinski definition) is 4. The predicted molar refractivity (Wildman–Crippen MR) is 84.0 cm³/mol. The summed E-state index contributed by atoms with van der Waals surface area (Å²) in [7, 11) is 2.06. The van der Waals surface area contributed by atoms with Gasteiger partial charge in [0.1, 0.15) is 0 Å². The Balaban J connectivity index is 1.73. The van der Waals surface area contributed by atoms with Gasteiger partial charge >= 0.3 is 0 Å². The van der Waals surface area contributed by atoms with Gasteiger partial charge in [0, 0.05) is 23.2 Å². The summed E-state index contributed by atoms with van der Waals surface area (Å²) in [6.07, 6.45) is 4.76. The van der Waals surface area contributed by atoms with Gasteiger partial charge in [0.05, 0.1) is 5.69 Å². The summed E-state index contributed by atoms with van der Waals surface area (Å²) in [5.41, 5.74) is 4.12. The maximum absolute atomic E-state index is 4.93. The Hall–Kier alpha value is -1.39. The first-order chi connectivity index (χ1) is 9.86. The summed E-state index contributed by atoms with van der Waals surface area (Å²) < 4.78 is 0. The number of nitrogens with zero attached hydrogens (tertiary/aromatic N) is 2. The third kappa shape index (κ3) is 1.86. The van der Waals surface area contributed by atoms with E-state index >= 15 is 0 Å². The number of aromatic nitrogens is 1. The van der Waals surface area contributed by atoms with Gasteiger partial charge in [0.15, 0.2) is 5.13 Å². The molecule has 2 heterocycles. The van der Waals surface area contributed by atoms with Crippen molar-refractivity contribution >= 4 is 22.2 Å². The van der Waals surface area contributed by atoms with Gasteiger partial charge in [0.25, 0.3) is 0 Å².